The van der Waals surface area contributed by atoms with E-state index in [2.05, 4.69) is 24.1 Å². The van der Waals surface area contributed by atoms with Crippen molar-refractivity contribution in [2.24, 2.45) is 5.92 Å². The van der Waals surface area contributed by atoms with Crippen molar-refractivity contribution in [2.45, 2.75) is 58.0 Å². The Morgan fingerprint density at radius 2 is 1.89 bits per heavy atom. The van der Waals surface area contributed by atoms with Gasteiger partial charge in [-0.1, -0.05) is 0 Å². The smallest absolute Gasteiger partial charge is 0.0494 e. The average Bonchev–Trinajstić information content (AvgIpc) is 3.18. The van der Waals surface area contributed by atoms with Crippen LogP contribution in [-0.2, 0) is 4.74 Å². The van der Waals surface area contributed by atoms with Crippen molar-refractivity contribution in [1.29, 1.82) is 0 Å². The van der Waals surface area contributed by atoms with Gasteiger partial charge in [0.2, 0.25) is 0 Å². The lowest BCUT2D eigenvalue weighted by molar-refractivity contribution is 0.119. The van der Waals surface area contributed by atoms with E-state index >= 15 is 0 Å². The third kappa shape index (κ3) is 5.25. The third-order valence-corrected chi connectivity index (χ3v) is 4.21. The Labute approximate surface area is 112 Å². The number of rotatable bonds is 8. The van der Waals surface area contributed by atoms with Crippen molar-refractivity contribution in [3.05, 3.63) is 0 Å². The first kappa shape index (κ1) is 14.3. The van der Waals surface area contributed by atoms with Crippen molar-refractivity contribution in [3.8, 4) is 0 Å². The molecule has 2 fully saturated rings. The van der Waals surface area contributed by atoms with Crippen molar-refractivity contribution < 1.29 is 4.74 Å². The first-order valence-corrected chi connectivity index (χ1v) is 7.81. The van der Waals surface area contributed by atoms with Gasteiger partial charge in [0.15, 0.2) is 0 Å². The summed E-state index contributed by atoms with van der Waals surface area (Å²) in [5.41, 5.74) is 0. The third-order valence-electron chi connectivity index (χ3n) is 4.21. The second kappa shape index (κ2) is 7.46. The van der Waals surface area contributed by atoms with E-state index in [1.165, 1.54) is 38.8 Å². The molecule has 1 aliphatic heterocycles. The molecule has 3 nitrogen and oxygen atoms in total. The molecule has 3 heteroatoms. The number of piperidine rings is 1. The molecule has 106 valence electrons. The highest BCUT2D eigenvalue weighted by Gasteiger charge is 2.21. The molecule has 1 aliphatic carbocycles. The van der Waals surface area contributed by atoms with Gasteiger partial charge in [0.05, 0.1) is 0 Å². The van der Waals surface area contributed by atoms with E-state index in [9.17, 15) is 0 Å². The van der Waals surface area contributed by atoms with Gasteiger partial charge in [0, 0.05) is 25.3 Å². The second-order valence-electron chi connectivity index (χ2n) is 6.23. The number of nitrogens with one attached hydrogen (secondary N) is 1. The summed E-state index contributed by atoms with van der Waals surface area (Å²) in [5.74, 6) is 0.901. The average molecular weight is 254 g/mol. The molecule has 0 aromatic rings. The standard InChI is InChI=1S/C15H30N2O/c1-13(2)17-9-6-15(7-10-17)16-8-3-11-18-12-14-4-5-14/h13-16H,3-12H2,1-2H3. The molecular formula is C15H30N2O. The van der Waals surface area contributed by atoms with Crippen LogP contribution in [0.4, 0.5) is 0 Å². The van der Waals surface area contributed by atoms with Crippen LogP contribution in [0.3, 0.4) is 0 Å². The molecule has 0 aromatic carbocycles. The molecule has 0 atom stereocenters. The molecule has 0 aromatic heterocycles. The number of ether oxygens (including phenoxy) is 1. The molecule has 1 saturated heterocycles. The molecule has 2 rings (SSSR count). The maximum atomic E-state index is 5.65. The molecule has 2 aliphatic rings. The van der Waals surface area contributed by atoms with Crippen LogP contribution >= 0.6 is 0 Å². The molecule has 0 radical (unpaired) electrons. The molecule has 0 unspecified atom stereocenters. The molecule has 0 amide bonds. The summed E-state index contributed by atoms with van der Waals surface area (Å²) in [7, 11) is 0. The van der Waals surface area contributed by atoms with Crippen molar-refractivity contribution >= 4 is 0 Å². The van der Waals surface area contributed by atoms with E-state index in [0.717, 1.165) is 38.1 Å². The Hall–Kier alpha value is -0.120. The van der Waals surface area contributed by atoms with Gasteiger partial charge in [-0.25, -0.2) is 0 Å². The highest BCUT2D eigenvalue weighted by Crippen LogP contribution is 2.28. The van der Waals surface area contributed by atoms with Crippen LogP contribution in [0.15, 0.2) is 0 Å². The van der Waals surface area contributed by atoms with Crippen LogP contribution in [0.25, 0.3) is 0 Å². The number of hydrogen-bond acceptors (Lipinski definition) is 3. The van der Waals surface area contributed by atoms with Gasteiger partial charge >= 0.3 is 0 Å². The molecule has 1 N–H and O–H groups in total. The molecule has 18 heavy (non-hydrogen) atoms. The van der Waals surface area contributed by atoms with E-state index in [-0.39, 0.29) is 0 Å². The highest BCUT2D eigenvalue weighted by atomic mass is 16.5. The van der Waals surface area contributed by atoms with Crippen molar-refractivity contribution in [3.63, 3.8) is 0 Å². The predicted octanol–water partition coefficient (Wildman–Crippen LogP) is 2.27. The zero-order chi connectivity index (χ0) is 12.8. The fourth-order valence-electron chi connectivity index (χ4n) is 2.63. The number of nitrogens with zero attached hydrogens (tertiary/aromatic N) is 1. The van der Waals surface area contributed by atoms with E-state index in [1.54, 1.807) is 0 Å². The van der Waals surface area contributed by atoms with E-state index in [1.807, 2.05) is 0 Å². The molecule has 1 heterocycles. The fraction of sp³-hybridized carbons (Fsp3) is 1.00. The Morgan fingerprint density at radius 3 is 2.50 bits per heavy atom. The van der Waals surface area contributed by atoms with Gasteiger partial charge in [-0.05, 0) is 71.5 Å². The van der Waals surface area contributed by atoms with Gasteiger partial charge in [0.1, 0.15) is 0 Å². The molecule has 0 bridgehead atoms. The maximum absolute atomic E-state index is 5.65. The van der Waals surface area contributed by atoms with Gasteiger partial charge < -0.3 is 15.0 Å². The monoisotopic (exact) mass is 254 g/mol. The van der Waals surface area contributed by atoms with Crippen LogP contribution in [0.2, 0.25) is 0 Å². The van der Waals surface area contributed by atoms with Gasteiger partial charge in [-0.15, -0.1) is 0 Å². The Balaban J connectivity index is 1.42. The normalized spacial score (nSPS) is 22.8. The summed E-state index contributed by atoms with van der Waals surface area (Å²) in [6, 6.07) is 1.45. The first-order chi connectivity index (χ1) is 8.75. The van der Waals surface area contributed by atoms with E-state index in [0.29, 0.717) is 6.04 Å². The Morgan fingerprint density at radius 1 is 1.17 bits per heavy atom. The second-order valence-corrected chi connectivity index (χ2v) is 6.23. The molecular weight excluding hydrogens is 224 g/mol. The van der Waals surface area contributed by atoms with Gasteiger partial charge in [-0.3, -0.25) is 0 Å². The van der Waals surface area contributed by atoms with E-state index in [4.69, 9.17) is 4.74 Å². The van der Waals surface area contributed by atoms with Crippen LogP contribution in [0.5, 0.6) is 0 Å². The van der Waals surface area contributed by atoms with Gasteiger partial charge in [0.25, 0.3) is 0 Å². The number of likely N-dealkylation sites (tertiary alicyclic amines) is 1. The molecule has 1 saturated carbocycles. The summed E-state index contributed by atoms with van der Waals surface area (Å²) in [6.45, 7) is 10.2. The SMILES string of the molecule is CC(C)N1CCC(NCCCOCC2CC2)CC1. The van der Waals surface area contributed by atoms with E-state index < -0.39 is 0 Å². The zero-order valence-electron chi connectivity index (χ0n) is 12.2. The van der Waals surface area contributed by atoms with Gasteiger partial charge in [-0.2, -0.15) is 0 Å². The highest BCUT2D eigenvalue weighted by molar-refractivity contribution is 4.78. The van der Waals surface area contributed by atoms with Crippen LogP contribution < -0.4 is 5.32 Å². The molecule has 0 spiro atoms. The quantitative estimate of drug-likeness (QED) is 0.673. The zero-order valence-corrected chi connectivity index (χ0v) is 12.2. The van der Waals surface area contributed by atoms with Crippen molar-refractivity contribution in [1.82, 2.24) is 10.2 Å². The summed E-state index contributed by atoms with van der Waals surface area (Å²) in [5, 5.41) is 3.68. The summed E-state index contributed by atoms with van der Waals surface area (Å²) in [4.78, 5) is 2.58. The topological polar surface area (TPSA) is 24.5 Å². The number of hydrogen-bond donors (Lipinski definition) is 1. The summed E-state index contributed by atoms with van der Waals surface area (Å²) >= 11 is 0. The first-order valence-electron chi connectivity index (χ1n) is 7.81. The summed E-state index contributed by atoms with van der Waals surface area (Å²) in [6.07, 6.45) is 6.57. The minimum absolute atomic E-state index is 0.710. The Bertz CT molecular complexity index is 221. The fourth-order valence-corrected chi connectivity index (χ4v) is 2.63. The van der Waals surface area contributed by atoms with Crippen molar-refractivity contribution in [2.75, 3.05) is 32.8 Å². The lowest BCUT2D eigenvalue weighted by Crippen LogP contribution is -2.45. The predicted molar refractivity (Wildman–Crippen MR) is 75.9 cm³/mol. The maximum Gasteiger partial charge on any atom is 0.0494 e. The largest absolute Gasteiger partial charge is 0.381 e. The lowest BCUT2D eigenvalue weighted by Gasteiger charge is -2.35. The van der Waals surface area contributed by atoms with Crippen LogP contribution in [-0.4, -0.2) is 49.8 Å². The summed E-state index contributed by atoms with van der Waals surface area (Å²) < 4.78 is 5.65. The minimum Gasteiger partial charge on any atom is -0.381 e. The van der Waals surface area contributed by atoms with Crippen LogP contribution in [0.1, 0.15) is 46.0 Å². The minimum atomic E-state index is 0.710. The Kier molecular flexibility index (Phi) is 5.93. The lowest BCUT2D eigenvalue weighted by atomic mass is 10.0. The van der Waals surface area contributed by atoms with Crippen LogP contribution in [0, 0.1) is 5.92 Å².